The highest BCUT2D eigenvalue weighted by atomic mass is 32.1. The van der Waals surface area contributed by atoms with Gasteiger partial charge in [0.2, 0.25) is 0 Å². The number of pyridine rings is 2. The molecule has 4 rings (SSSR count). The summed E-state index contributed by atoms with van der Waals surface area (Å²) in [6.45, 7) is 11.8. The molecule has 0 N–H and O–H groups in total. The maximum absolute atomic E-state index is 4.90. The fourth-order valence-corrected chi connectivity index (χ4v) is 2.57. The highest BCUT2D eigenvalue weighted by molar-refractivity contribution is 7.18. The van der Waals surface area contributed by atoms with E-state index in [1.165, 1.54) is 4.70 Å². The second kappa shape index (κ2) is 10.4. The van der Waals surface area contributed by atoms with Crippen LogP contribution in [0.3, 0.4) is 0 Å². The third kappa shape index (κ3) is 5.09. The first-order chi connectivity index (χ1) is 11.7. The van der Waals surface area contributed by atoms with Crippen LogP contribution < -0.4 is 0 Å². The van der Waals surface area contributed by atoms with Crippen molar-refractivity contribution in [2.24, 2.45) is 0 Å². The van der Waals surface area contributed by atoms with Crippen LogP contribution in [0.15, 0.2) is 41.2 Å². The minimum absolute atomic E-state index is 0.774. The summed E-state index contributed by atoms with van der Waals surface area (Å²) in [5.74, 6) is 0.774. The zero-order chi connectivity index (χ0) is 17.9. The van der Waals surface area contributed by atoms with E-state index in [9.17, 15) is 0 Å². The van der Waals surface area contributed by atoms with E-state index in [1.807, 2.05) is 65.8 Å². The van der Waals surface area contributed by atoms with Crippen LogP contribution in [-0.2, 0) is 0 Å². The van der Waals surface area contributed by atoms with E-state index in [4.69, 9.17) is 4.52 Å². The smallest absolute Gasteiger partial charge is 0.170 e. The molecule has 24 heavy (non-hydrogen) atoms. The van der Waals surface area contributed by atoms with Gasteiger partial charge < -0.3 is 4.52 Å². The van der Waals surface area contributed by atoms with Crippen molar-refractivity contribution in [3.05, 3.63) is 47.4 Å². The number of hydrogen-bond acceptors (Lipinski definition) is 6. The second-order valence-corrected chi connectivity index (χ2v) is 5.40. The van der Waals surface area contributed by atoms with Crippen LogP contribution in [0.1, 0.15) is 38.5 Å². The molecule has 0 aromatic carbocycles. The lowest BCUT2D eigenvalue weighted by molar-refractivity contribution is 0.405. The Labute approximate surface area is 146 Å². The molecule has 0 unspecified atom stereocenters. The summed E-state index contributed by atoms with van der Waals surface area (Å²) < 4.78 is 6.07. The molecular formula is C18H24N4OS. The number of rotatable bonds is 0. The van der Waals surface area contributed by atoms with Gasteiger partial charge in [-0.15, -0.1) is 11.3 Å². The molecule has 0 saturated carbocycles. The van der Waals surface area contributed by atoms with Gasteiger partial charge in [0, 0.05) is 12.4 Å². The summed E-state index contributed by atoms with van der Waals surface area (Å²) in [7, 11) is 0. The minimum Gasteiger partial charge on any atom is -0.359 e. The lowest BCUT2D eigenvalue weighted by Gasteiger charge is -1.81. The molecule has 0 radical (unpaired) electrons. The Balaban J connectivity index is 0.000000199. The van der Waals surface area contributed by atoms with Gasteiger partial charge in [0.15, 0.2) is 11.4 Å². The maximum Gasteiger partial charge on any atom is 0.170 e. The molecule has 0 aliphatic rings. The van der Waals surface area contributed by atoms with Crippen molar-refractivity contribution in [3.8, 4) is 0 Å². The monoisotopic (exact) mass is 344 g/mol. The molecule has 4 aromatic heterocycles. The average molecular weight is 344 g/mol. The summed E-state index contributed by atoms with van der Waals surface area (Å²) in [6, 6.07) is 7.68. The third-order valence-electron chi connectivity index (χ3n) is 2.67. The van der Waals surface area contributed by atoms with Crippen LogP contribution in [0, 0.1) is 13.8 Å². The van der Waals surface area contributed by atoms with Crippen molar-refractivity contribution in [1.29, 1.82) is 0 Å². The van der Waals surface area contributed by atoms with E-state index < -0.39 is 0 Å². The lowest BCUT2D eigenvalue weighted by atomic mass is 10.3. The van der Waals surface area contributed by atoms with Crippen LogP contribution in [0.5, 0.6) is 0 Å². The molecule has 6 heteroatoms. The summed E-state index contributed by atoms with van der Waals surface area (Å²) in [5, 5.41) is 4.86. The first-order valence-corrected chi connectivity index (χ1v) is 8.91. The van der Waals surface area contributed by atoms with Gasteiger partial charge in [-0.2, -0.15) is 0 Å². The van der Waals surface area contributed by atoms with Gasteiger partial charge in [-0.1, -0.05) is 32.9 Å². The standard InChI is InChI=1S/C7H6N2O.C7H6N2S.2C2H6/c1-5-7-6(9-10-5)3-2-4-8-7;1-5-9-7-6(10-5)3-2-4-8-7;2*1-2/h2*2-4H,1H3;2*1-2H3. The Morgan fingerprint density at radius 1 is 0.917 bits per heavy atom. The highest BCUT2D eigenvalue weighted by Gasteiger charge is 2.01. The number of fused-ring (bicyclic) bond motifs is 2. The molecule has 0 amide bonds. The average Bonchev–Trinajstić information content (AvgIpc) is 3.21. The Bertz CT molecular complexity index is 813. The first kappa shape index (κ1) is 19.7. The summed E-state index contributed by atoms with van der Waals surface area (Å²) in [6.07, 6.45) is 3.49. The SMILES string of the molecule is CC.CC.Cc1nc2ncccc2s1.Cc1onc2cccnc12. The minimum atomic E-state index is 0.774. The van der Waals surface area contributed by atoms with Gasteiger partial charge in [-0.3, -0.25) is 4.98 Å². The van der Waals surface area contributed by atoms with Crippen LogP contribution in [0.25, 0.3) is 21.4 Å². The van der Waals surface area contributed by atoms with Crippen molar-refractivity contribution in [2.75, 3.05) is 0 Å². The van der Waals surface area contributed by atoms with Crippen molar-refractivity contribution >= 4 is 32.7 Å². The van der Waals surface area contributed by atoms with Crippen LogP contribution in [0.4, 0.5) is 0 Å². The van der Waals surface area contributed by atoms with E-state index in [-0.39, 0.29) is 0 Å². The largest absolute Gasteiger partial charge is 0.359 e. The Morgan fingerprint density at radius 2 is 1.58 bits per heavy atom. The van der Waals surface area contributed by atoms with Crippen molar-refractivity contribution in [2.45, 2.75) is 41.5 Å². The Kier molecular flexibility index (Phi) is 8.57. The van der Waals surface area contributed by atoms with Crippen LogP contribution in [-0.4, -0.2) is 20.1 Å². The molecule has 0 spiro atoms. The molecule has 4 aromatic rings. The molecule has 0 atom stereocenters. The predicted molar refractivity (Wildman–Crippen MR) is 101 cm³/mol. The molecule has 128 valence electrons. The van der Waals surface area contributed by atoms with Crippen LogP contribution >= 0.6 is 11.3 Å². The van der Waals surface area contributed by atoms with Crippen molar-refractivity contribution in [1.82, 2.24) is 20.1 Å². The van der Waals surface area contributed by atoms with E-state index in [0.29, 0.717) is 0 Å². The van der Waals surface area contributed by atoms with Gasteiger partial charge >= 0.3 is 0 Å². The lowest BCUT2D eigenvalue weighted by Crippen LogP contribution is -1.72. The van der Waals surface area contributed by atoms with Crippen molar-refractivity contribution < 1.29 is 4.52 Å². The highest BCUT2D eigenvalue weighted by Crippen LogP contribution is 2.17. The van der Waals surface area contributed by atoms with E-state index in [0.717, 1.165) is 27.4 Å². The maximum atomic E-state index is 4.90. The fourth-order valence-electron chi connectivity index (χ4n) is 1.78. The number of nitrogens with zero attached hydrogens (tertiary/aromatic N) is 4. The molecule has 4 heterocycles. The summed E-state index contributed by atoms with van der Waals surface area (Å²) in [5.41, 5.74) is 2.53. The van der Waals surface area contributed by atoms with Gasteiger partial charge in [0.25, 0.3) is 0 Å². The predicted octanol–water partition coefficient (Wildman–Crippen LogP) is 5.58. The van der Waals surface area contributed by atoms with Crippen molar-refractivity contribution in [3.63, 3.8) is 0 Å². The number of aromatic nitrogens is 4. The number of hydrogen-bond donors (Lipinski definition) is 0. The molecule has 0 aliphatic heterocycles. The number of thiazole rings is 1. The summed E-state index contributed by atoms with van der Waals surface area (Å²) >= 11 is 1.68. The van der Waals surface area contributed by atoms with Gasteiger partial charge in [0.1, 0.15) is 11.0 Å². The molecule has 0 fully saturated rings. The van der Waals surface area contributed by atoms with Crippen LogP contribution in [0.2, 0.25) is 0 Å². The fraction of sp³-hybridized carbons (Fsp3) is 0.333. The Hall–Kier alpha value is -2.34. The normalized spacial score (nSPS) is 9.25. The van der Waals surface area contributed by atoms with Gasteiger partial charge in [-0.05, 0) is 38.1 Å². The number of aryl methyl sites for hydroxylation is 2. The van der Waals surface area contributed by atoms with E-state index >= 15 is 0 Å². The third-order valence-corrected chi connectivity index (χ3v) is 3.60. The molecule has 5 nitrogen and oxygen atoms in total. The molecule has 0 saturated heterocycles. The molecular weight excluding hydrogens is 320 g/mol. The summed E-state index contributed by atoms with van der Waals surface area (Å²) in [4.78, 5) is 12.4. The zero-order valence-corrected chi connectivity index (χ0v) is 15.9. The second-order valence-electron chi connectivity index (χ2n) is 4.17. The first-order valence-electron chi connectivity index (χ1n) is 8.09. The van der Waals surface area contributed by atoms with Gasteiger partial charge in [0.05, 0.1) is 9.71 Å². The quantitative estimate of drug-likeness (QED) is 0.416. The Morgan fingerprint density at radius 3 is 2.25 bits per heavy atom. The van der Waals surface area contributed by atoms with E-state index in [2.05, 4.69) is 20.1 Å². The van der Waals surface area contributed by atoms with E-state index in [1.54, 1.807) is 23.7 Å². The zero-order valence-electron chi connectivity index (χ0n) is 15.1. The molecule has 0 bridgehead atoms. The van der Waals surface area contributed by atoms with Gasteiger partial charge in [-0.25, -0.2) is 9.97 Å². The topological polar surface area (TPSA) is 64.7 Å². The molecule has 0 aliphatic carbocycles.